The molecular formula is C29H38ClN3O. The largest absolute Gasteiger partial charge is 0.351 e. The molecule has 0 atom stereocenters. The Balaban J connectivity index is 1.12. The maximum absolute atomic E-state index is 13.2. The summed E-state index contributed by atoms with van der Waals surface area (Å²) in [5.41, 5.74) is 3.73. The van der Waals surface area contributed by atoms with Crippen LogP contribution in [-0.2, 0) is 0 Å². The number of aromatic nitrogens is 2. The molecule has 5 saturated carbocycles. The summed E-state index contributed by atoms with van der Waals surface area (Å²) in [7, 11) is 0. The molecule has 34 heavy (non-hydrogen) atoms. The van der Waals surface area contributed by atoms with Crippen molar-refractivity contribution in [3.63, 3.8) is 0 Å². The normalized spacial score (nSPS) is 30.2. The number of carbonyl (C=O) groups excluding carboxylic acids is 1. The number of halogens is 1. The second kappa shape index (κ2) is 9.33. The zero-order chi connectivity index (χ0) is 23.2. The van der Waals surface area contributed by atoms with Gasteiger partial charge in [0.1, 0.15) is 0 Å². The van der Waals surface area contributed by atoms with Crippen LogP contribution in [0.3, 0.4) is 0 Å². The van der Waals surface area contributed by atoms with E-state index in [1.165, 1.54) is 51.4 Å². The number of nitrogens with zero attached hydrogens (tertiary/aromatic N) is 2. The van der Waals surface area contributed by atoms with Gasteiger partial charge in [-0.05, 0) is 106 Å². The van der Waals surface area contributed by atoms with E-state index in [9.17, 15) is 4.79 Å². The average Bonchev–Trinajstić information content (AvgIpc) is 3.46. The molecule has 0 spiro atoms. The van der Waals surface area contributed by atoms with Gasteiger partial charge in [-0.3, -0.25) is 9.48 Å². The van der Waals surface area contributed by atoms with E-state index in [1.807, 2.05) is 31.2 Å². The SMILES string of the molecule is Cc1c(C(=O)NCCCC2C3CC4CC(C3)CC2C4)nn(C2CCCC2)c1-c1ccc(Cl)cc1. The summed E-state index contributed by atoms with van der Waals surface area (Å²) in [6.45, 7) is 2.81. The number of rotatable bonds is 7. The van der Waals surface area contributed by atoms with E-state index < -0.39 is 0 Å². The van der Waals surface area contributed by atoms with Crippen molar-refractivity contribution in [3.8, 4) is 11.3 Å². The molecule has 0 radical (unpaired) electrons. The van der Waals surface area contributed by atoms with Crippen molar-refractivity contribution in [2.75, 3.05) is 6.54 Å². The Kier molecular flexibility index (Phi) is 6.22. The molecule has 5 heteroatoms. The van der Waals surface area contributed by atoms with Crippen LogP contribution in [0.15, 0.2) is 24.3 Å². The highest BCUT2D eigenvalue weighted by molar-refractivity contribution is 6.30. The summed E-state index contributed by atoms with van der Waals surface area (Å²) in [6.07, 6.45) is 14.5. The fourth-order valence-electron chi connectivity index (χ4n) is 8.23. The number of hydrogen-bond acceptors (Lipinski definition) is 2. The van der Waals surface area contributed by atoms with Gasteiger partial charge < -0.3 is 5.32 Å². The van der Waals surface area contributed by atoms with Gasteiger partial charge in [0.2, 0.25) is 0 Å². The van der Waals surface area contributed by atoms with Crippen molar-refractivity contribution >= 4 is 17.5 Å². The Morgan fingerprint density at radius 1 is 1.03 bits per heavy atom. The molecule has 0 saturated heterocycles. The highest BCUT2D eigenvalue weighted by Gasteiger charge is 2.47. The summed E-state index contributed by atoms with van der Waals surface area (Å²) in [5.74, 6) is 4.90. The lowest BCUT2D eigenvalue weighted by molar-refractivity contribution is -0.0401. The Morgan fingerprint density at radius 3 is 2.32 bits per heavy atom. The molecule has 5 aliphatic rings. The van der Waals surface area contributed by atoms with Gasteiger partial charge in [0, 0.05) is 22.7 Å². The third-order valence-corrected chi connectivity index (χ3v) is 9.82. The lowest BCUT2D eigenvalue weighted by Gasteiger charge is -2.54. The van der Waals surface area contributed by atoms with Crippen LogP contribution in [0.25, 0.3) is 11.3 Å². The number of amides is 1. The lowest BCUT2D eigenvalue weighted by Crippen LogP contribution is -2.45. The molecule has 4 nitrogen and oxygen atoms in total. The van der Waals surface area contributed by atoms with Crippen LogP contribution in [-0.4, -0.2) is 22.2 Å². The first kappa shape index (κ1) is 22.6. The highest BCUT2D eigenvalue weighted by Crippen LogP contribution is 2.57. The summed E-state index contributed by atoms with van der Waals surface area (Å²) in [6, 6.07) is 8.32. The highest BCUT2D eigenvalue weighted by atomic mass is 35.5. The van der Waals surface area contributed by atoms with E-state index in [0.29, 0.717) is 11.7 Å². The van der Waals surface area contributed by atoms with Crippen LogP contribution in [0.1, 0.15) is 92.7 Å². The van der Waals surface area contributed by atoms with Crippen molar-refractivity contribution in [2.24, 2.45) is 29.6 Å². The smallest absolute Gasteiger partial charge is 0.272 e. The minimum absolute atomic E-state index is 0.0189. The van der Waals surface area contributed by atoms with E-state index >= 15 is 0 Å². The van der Waals surface area contributed by atoms with Gasteiger partial charge in [0.05, 0.1) is 11.7 Å². The number of benzene rings is 1. The van der Waals surface area contributed by atoms with Crippen LogP contribution in [0.4, 0.5) is 0 Å². The Hall–Kier alpha value is -1.81. The quantitative estimate of drug-likeness (QED) is 0.426. The predicted molar refractivity (Wildman–Crippen MR) is 137 cm³/mol. The van der Waals surface area contributed by atoms with Gasteiger partial charge in [-0.2, -0.15) is 5.10 Å². The summed E-state index contributed by atoms with van der Waals surface area (Å²) in [5, 5.41) is 8.84. The molecule has 1 heterocycles. The molecule has 1 N–H and O–H groups in total. The van der Waals surface area contributed by atoms with Crippen molar-refractivity contribution < 1.29 is 4.79 Å². The second-order valence-corrected chi connectivity index (χ2v) is 12.1. The number of nitrogens with one attached hydrogen (secondary N) is 1. The van der Waals surface area contributed by atoms with Gasteiger partial charge in [-0.1, -0.05) is 36.6 Å². The molecule has 4 bridgehead atoms. The van der Waals surface area contributed by atoms with E-state index in [1.54, 1.807) is 0 Å². The number of hydrogen-bond donors (Lipinski definition) is 1. The minimum Gasteiger partial charge on any atom is -0.351 e. The first-order valence-corrected chi connectivity index (χ1v) is 14.1. The molecule has 2 aromatic rings. The maximum Gasteiger partial charge on any atom is 0.272 e. The molecule has 0 unspecified atom stereocenters. The van der Waals surface area contributed by atoms with E-state index in [2.05, 4.69) is 10.00 Å². The zero-order valence-corrected chi connectivity index (χ0v) is 21.2. The average molecular weight is 480 g/mol. The fraction of sp³-hybridized carbons (Fsp3) is 0.655. The first-order valence-electron chi connectivity index (χ1n) is 13.7. The maximum atomic E-state index is 13.2. The summed E-state index contributed by atoms with van der Waals surface area (Å²) in [4.78, 5) is 13.2. The van der Waals surface area contributed by atoms with E-state index in [-0.39, 0.29) is 5.91 Å². The van der Waals surface area contributed by atoms with Gasteiger partial charge in [-0.25, -0.2) is 0 Å². The lowest BCUT2D eigenvalue weighted by atomic mass is 9.51. The molecule has 182 valence electrons. The van der Waals surface area contributed by atoms with Gasteiger partial charge >= 0.3 is 0 Å². The summed E-state index contributed by atoms with van der Waals surface area (Å²) < 4.78 is 2.13. The van der Waals surface area contributed by atoms with Crippen LogP contribution < -0.4 is 5.32 Å². The molecule has 1 aromatic heterocycles. The van der Waals surface area contributed by atoms with Crippen LogP contribution >= 0.6 is 11.6 Å². The molecule has 5 aliphatic carbocycles. The van der Waals surface area contributed by atoms with Crippen LogP contribution in [0.5, 0.6) is 0 Å². The van der Waals surface area contributed by atoms with Gasteiger partial charge in [0.15, 0.2) is 5.69 Å². The van der Waals surface area contributed by atoms with Gasteiger partial charge in [0.25, 0.3) is 5.91 Å². The number of carbonyl (C=O) groups is 1. The van der Waals surface area contributed by atoms with Crippen molar-refractivity contribution in [1.29, 1.82) is 0 Å². The van der Waals surface area contributed by atoms with E-state index in [0.717, 1.165) is 77.2 Å². The topological polar surface area (TPSA) is 46.9 Å². The Labute approximate surface area is 208 Å². The van der Waals surface area contributed by atoms with Crippen molar-refractivity contribution in [3.05, 3.63) is 40.5 Å². The Morgan fingerprint density at radius 2 is 1.68 bits per heavy atom. The minimum atomic E-state index is -0.0189. The second-order valence-electron chi connectivity index (χ2n) is 11.7. The monoisotopic (exact) mass is 479 g/mol. The predicted octanol–water partition coefficient (Wildman–Crippen LogP) is 7.21. The standard InChI is InChI=1S/C29H38ClN3O/c1-18-27(32-33(25-5-2-3-6-25)28(18)21-8-10-24(30)11-9-21)29(34)31-12-4-7-26-22-14-19-13-20(16-22)17-23(26)15-19/h8-11,19-20,22-23,25-26H,2-7,12-17H2,1H3,(H,31,34). The Bertz CT molecular complexity index is 1010. The summed E-state index contributed by atoms with van der Waals surface area (Å²) >= 11 is 6.14. The van der Waals surface area contributed by atoms with Crippen molar-refractivity contribution in [2.45, 2.75) is 83.6 Å². The zero-order valence-electron chi connectivity index (χ0n) is 20.4. The molecule has 0 aliphatic heterocycles. The van der Waals surface area contributed by atoms with Crippen molar-refractivity contribution in [1.82, 2.24) is 15.1 Å². The molecule has 5 fully saturated rings. The first-order chi connectivity index (χ1) is 16.6. The van der Waals surface area contributed by atoms with Gasteiger partial charge in [-0.15, -0.1) is 0 Å². The fourth-order valence-corrected chi connectivity index (χ4v) is 8.36. The molecular weight excluding hydrogens is 442 g/mol. The van der Waals surface area contributed by atoms with Crippen LogP contribution in [0.2, 0.25) is 5.02 Å². The molecule has 1 aromatic carbocycles. The van der Waals surface area contributed by atoms with Crippen LogP contribution in [0, 0.1) is 36.5 Å². The molecule has 1 amide bonds. The molecule has 7 rings (SSSR count). The third-order valence-electron chi connectivity index (χ3n) is 9.57. The van der Waals surface area contributed by atoms with E-state index in [4.69, 9.17) is 16.7 Å². The third kappa shape index (κ3) is 4.21.